The molecule has 5 rings (SSSR count). The molecule has 3 heterocycles. The van der Waals surface area contributed by atoms with Gasteiger partial charge in [0.25, 0.3) is 0 Å². The Morgan fingerprint density at radius 1 is 0.840 bits per heavy atom. The van der Waals surface area contributed by atoms with Crippen molar-refractivity contribution in [1.82, 2.24) is 0 Å². The average molecular weight is 338 g/mol. The molecule has 2 N–H and O–H groups in total. The molecule has 3 aliphatic rings. The van der Waals surface area contributed by atoms with Gasteiger partial charge in [-0.05, 0) is 37.1 Å². The minimum atomic E-state index is -0.955. The van der Waals surface area contributed by atoms with E-state index in [4.69, 9.17) is 9.47 Å². The van der Waals surface area contributed by atoms with E-state index in [9.17, 15) is 15.0 Å². The molecule has 3 fully saturated rings. The summed E-state index contributed by atoms with van der Waals surface area (Å²) in [5.41, 5.74) is 0.671. The van der Waals surface area contributed by atoms with Crippen molar-refractivity contribution >= 4 is 5.97 Å². The molecule has 0 spiro atoms. The molecule has 0 aromatic heterocycles. The Balaban J connectivity index is 1.73. The van der Waals surface area contributed by atoms with E-state index in [0.717, 1.165) is 24.0 Å². The number of phenolic OH excluding ortho intramolecular Hbond substituents is 2. The fourth-order valence-electron chi connectivity index (χ4n) is 4.88. The number of hydrogen-bond acceptors (Lipinski definition) is 5. The van der Waals surface area contributed by atoms with E-state index in [-0.39, 0.29) is 41.5 Å². The molecule has 128 valence electrons. The van der Waals surface area contributed by atoms with Crippen LogP contribution in [0.3, 0.4) is 0 Å². The molecule has 0 radical (unpaired) electrons. The highest BCUT2D eigenvalue weighted by Gasteiger charge is 2.68. The summed E-state index contributed by atoms with van der Waals surface area (Å²) < 4.78 is 12.1. The van der Waals surface area contributed by atoms with Gasteiger partial charge in [-0.1, -0.05) is 24.3 Å². The van der Waals surface area contributed by atoms with Crippen LogP contribution in [0.4, 0.5) is 0 Å². The smallest absolute Gasteiger partial charge is 0.313 e. The van der Waals surface area contributed by atoms with Gasteiger partial charge in [0, 0.05) is 17.0 Å². The van der Waals surface area contributed by atoms with E-state index in [1.807, 2.05) is 0 Å². The van der Waals surface area contributed by atoms with E-state index >= 15 is 0 Å². The molecule has 3 saturated heterocycles. The van der Waals surface area contributed by atoms with Crippen molar-refractivity contribution in [2.75, 3.05) is 0 Å². The lowest BCUT2D eigenvalue weighted by Crippen LogP contribution is -2.41. The Labute approximate surface area is 144 Å². The number of aromatic hydroxyl groups is 2. The van der Waals surface area contributed by atoms with Gasteiger partial charge in [-0.2, -0.15) is 0 Å². The SMILES string of the molecule is O=C1OC(c2ccc(O)cc2)(c2ccc(O)cc2)C2C3CCC(O3)C12. The first kappa shape index (κ1) is 14.8. The number of hydrogen-bond donors (Lipinski definition) is 2. The van der Waals surface area contributed by atoms with E-state index in [2.05, 4.69) is 0 Å². The van der Waals surface area contributed by atoms with Crippen LogP contribution in [0.25, 0.3) is 0 Å². The zero-order valence-corrected chi connectivity index (χ0v) is 13.5. The van der Waals surface area contributed by atoms with Crippen molar-refractivity contribution in [3.63, 3.8) is 0 Å². The van der Waals surface area contributed by atoms with Gasteiger partial charge in [0.1, 0.15) is 11.5 Å². The summed E-state index contributed by atoms with van der Waals surface area (Å²) >= 11 is 0. The Morgan fingerprint density at radius 2 is 1.36 bits per heavy atom. The maximum atomic E-state index is 12.7. The summed E-state index contributed by atoms with van der Waals surface area (Å²) in [6.45, 7) is 0. The third kappa shape index (κ3) is 1.90. The normalized spacial score (nSPS) is 31.8. The minimum Gasteiger partial charge on any atom is -0.508 e. The first-order chi connectivity index (χ1) is 12.1. The van der Waals surface area contributed by atoms with Crippen LogP contribution in [0.15, 0.2) is 48.5 Å². The zero-order chi connectivity index (χ0) is 17.2. The quantitative estimate of drug-likeness (QED) is 0.824. The van der Waals surface area contributed by atoms with Crippen molar-refractivity contribution in [2.24, 2.45) is 11.8 Å². The second-order valence-electron chi connectivity index (χ2n) is 7.09. The number of cyclic esters (lactones) is 1. The van der Waals surface area contributed by atoms with Gasteiger partial charge in [0.15, 0.2) is 5.60 Å². The number of carbonyl (C=O) groups excluding carboxylic acids is 1. The summed E-state index contributed by atoms with van der Waals surface area (Å²) in [5, 5.41) is 19.3. The highest BCUT2D eigenvalue weighted by molar-refractivity contribution is 5.79. The molecule has 5 nitrogen and oxygen atoms in total. The summed E-state index contributed by atoms with van der Waals surface area (Å²) in [6.07, 6.45) is 1.71. The van der Waals surface area contributed by atoms with Crippen LogP contribution in [0.5, 0.6) is 11.5 Å². The van der Waals surface area contributed by atoms with Gasteiger partial charge in [0.05, 0.1) is 18.1 Å². The highest BCUT2D eigenvalue weighted by Crippen LogP contribution is 2.60. The second kappa shape index (κ2) is 4.99. The van der Waals surface area contributed by atoms with Crippen LogP contribution in [0, 0.1) is 11.8 Å². The van der Waals surface area contributed by atoms with Crippen LogP contribution in [0.1, 0.15) is 24.0 Å². The fourth-order valence-corrected chi connectivity index (χ4v) is 4.88. The summed E-state index contributed by atoms with van der Waals surface area (Å²) in [5.74, 6) is -0.267. The van der Waals surface area contributed by atoms with E-state index in [0.29, 0.717) is 0 Å². The Kier molecular flexibility index (Phi) is 2.95. The van der Waals surface area contributed by atoms with Crippen molar-refractivity contribution in [3.05, 3.63) is 59.7 Å². The topological polar surface area (TPSA) is 76.0 Å². The molecule has 2 aromatic carbocycles. The third-order valence-corrected chi connectivity index (χ3v) is 5.87. The summed E-state index contributed by atoms with van der Waals surface area (Å²) in [4.78, 5) is 12.7. The van der Waals surface area contributed by atoms with E-state index < -0.39 is 5.60 Å². The summed E-state index contributed by atoms with van der Waals surface area (Å²) in [7, 11) is 0. The highest BCUT2D eigenvalue weighted by atomic mass is 16.6. The Morgan fingerprint density at radius 3 is 1.92 bits per heavy atom. The number of esters is 1. The largest absolute Gasteiger partial charge is 0.508 e. The standard InChI is InChI=1S/C20H18O5/c21-13-5-1-11(2-6-13)20(12-3-7-14(22)8-4-12)18-16-10-9-15(24-16)17(18)19(23)25-20/h1-8,15-18,21-22H,9-10H2. The average Bonchev–Trinajstić information content (AvgIpc) is 3.29. The molecule has 25 heavy (non-hydrogen) atoms. The number of carbonyl (C=O) groups is 1. The molecule has 0 amide bonds. The van der Waals surface area contributed by atoms with Crippen molar-refractivity contribution in [3.8, 4) is 11.5 Å². The number of phenols is 2. The number of rotatable bonds is 2. The summed E-state index contributed by atoms with van der Waals surface area (Å²) in [6, 6.07) is 13.6. The van der Waals surface area contributed by atoms with E-state index in [1.165, 1.54) is 0 Å². The van der Waals surface area contributed by atoms with Crippen LogP contribution in [-0.4, -0.2) is 28.4 Å². The molecule has 0 aliphatic carbocycles. The second-order valence-corrected chi connectivity index (χ2v) is 7.09. The molecule has 3 aliphatic heterocycles. The lowest BCUT2D eigenvalue weighted by molar-refractivity contribution is -0.153. The lowest BCUT2D eigenvalue weighted by atomic mass is 9.67. The maximum Gasteiger partial charge on any atom is 0.313 e. The van der Waals surface area contributed by atoms with Crippen LogP contribution in [0.2, 0.25) is 0 Å². The predicted octanol–water partition coefficient (Wildman–Crippen LogP) is 2.69. The monoisotopic (exact) mass is 338 g/mol. The van der Waals surface area contributed by atoms with Crippen LogP contribution in [-0.2, 0) is 19.9 Å². The zero-order valence-electron chi connectivity index (χ0n) is 13.5. The van der Waals surface area contributed by atoms with Crippen LogP contribution >= 0.6 is 0 Å². The van der Waals surface area contributed by atoms with Gasteiger partial charge in [-0.25, -0.2) is 0 Å². The third-order valence-electron chi connectivity index (χ3n) is 5.87. The fraction of sp³-hybridized carbons (Fsp3) is 0.350. The minimum absolute atomic E-state index is 0.0240. The molecule has 5 heteroatoms. The van der Waals surface area contributed by atoms with Crippen molar-refractivity contribution in [2.45, 2.75) is 30.7 Å². The number of fused-ring (bicyclic) bond motifs is 5. The Bertz CT molecular complexity index is 781. The molecule has 0 saturated carbocycles. The molecule has 4 atom stereocenters. The lowest BCUT2D eigenvalue weighted by Gasteiger charge is -2.36. The van der Waals surface area contributed by atoms with Gasteiger partial charge < -0.3 is 19.7 Å². The molecule has 4 unspecified atom stereocenters. The maximum absolute atomic E-state index is 12.7. The van der Waals surface area contributed by atoms with E-state index in [1.54, 1.807) is 48.5 Å². The first-order valence-corrected chi connectivity index (χ1v) is 8.57. The van der Waals surface area contributed by atoms with Gasteiger partial charge in [0.2, 0.25) is 0 Å². The number of benzene rings is 2. The first-order valence-electron chi connectivity index (χ1n) is 8.57. The van der Waals surface area contributed by atoms with Gasteiger partial charge >= 0.3 is 5.97 Å². The Hall–Kier alpha value is -2.53. The molecular weight excluding hydrogens is 320 g/mol. The predicted molar refractivity (Wildman–Crippen MR) is 88.0 cm³/mol. The number of ether oxygens (including phenoxy) is 2. The molecule has 2 bridgehead atoms. The van der Waals surface area contributed by atoms with Crippen molar-refractivity contribution < 1.29 is 24.5 Å². The van der Waals surface area contributed by atoms with Crippen molar-refractivity contribution in [1.29, 1.82) is 0 Å². The van der Waals surface area contributed by atoms with Gasteiger partial charge in [-0.3, -0.25) is 4.79 Å². The van der Waals surface area contributed by atoms with Crippen LogP contribution < -0.4 is 0 Å². The molecule has 2 aromatic rings. The molecular formula is C20H18O5. The van der Waals surface area contributed by atoms with Gasteiger partial charge in [-0.15, -0.1) is 0 Å².